The number of nitrogens with zero attached hydrogens (tertiary/aromatic N) is 5. The van der Waals surface area contributed by atoms with Gasteiger partial charge in [-0.1, -0.05) is 12.2 Å². The second-order valence-electron chi connectivity index (χ2n) is 4.41. The summed E-state index contributed by atoms with van der Waals surface area (Å²) in [5.74, 6) is 0. The second-order valence-corrected chi connectivity index (χ2v) is 4.41. The van der Waals surface area contributed by atoms with Crippen LogP contribution in [0.15, 0.2) is 32.1 Å². The van der Waals surface area contributed by atoms with Crippen LogP contribution in [0.1, 0.15) is 6.92 Å². The fourth-order valence-electron chi connectivity index (χ4n) is 1.03. The maximum atomic E-state index is 11.6. The first-order valence-corrected chi connectivity index (χ1v) is 7.54. The van der Waals surface area contributed by atoms with Gasteiger partial charge in [0.1, 0.15) is 39.8 Å². The van der Waals surface area contributed by atoms with Crippen molar-refractivity contribution in [2.75, 3.05) is 39.8 Å². The lowest BCUT2D eigenvalue weighted by molar-refractivity contribution is -0.291. The average Bonchev–Trinajstić information content (AvgIpc) is 2.67. The highest BCUT2D eigenvalue weighted by Gasteiger charge is 2.09. The van der Waals surface area contributed by atoms with E-state index in [0.29, 0.717) is 0 Å². The topological polar surface area (TPSA) is 162 Å². The molecule has 0 aliphatic carbocycles. The fraction of sp³-hybridized carbons (Fsp3) is 0.500. The van der Waals surface area contributed by atoms with Crippen LogP contribution in [0.5, 0.6) is 0 Å². The van der Waals surface area contributed by atoms with Gasteiger partial charge in [0, 0.05) is 5.23 Å². The highest BCUT2D eigenvalue weighted by molar-refractivity contribution is 5.66. The van der Waals surface area contributed by atoms with Gasteiger partial charge in [0.25, 0.3) is 0 Å². The van der Waals surface area contributed by atoms with E-state index in [0.717, 1.165) is 23.6 Å². The van der Waals surface area contributed by atoms with Crippen LogP contribution in [0.4, 0.5) is 4.79 Å². The van der Waals surface area contributed by atoms with E-state index in [1.807, 2.05) is 0 Å². The molecule has 0 spiro atoms. The summed E-state index contributed by atoms with van der Waals surface area (Å²) in [6.45, 7) is 4.85. The fourth-order valence-corrected chi connectivity index (χ4v) is 1.03. The molecule has 28 heavy (non-hydrogen) atoms. The van der Waals surface area contributed by atoms with Crippen LogP contribution in [-0.4, -0.2) is 76.1 Å². The van der Waals surface area contributed by atoms with Crippen molar-refractivity contribution < 1.29 is 38.6 Å². The standard InChI is InChI=1S/C14H20N6O8/c1-13(2)5-28-27-4-3-24-14(23)19-8-20(25-11-17-6-15-9-21)26-12-18-7-16-10-22/h11-12H,1,3-8H2,2H3,(H,19,23)/b17-11-,18-12+. The van der Waals surface area contributed by atoms with Gasteiger partial charge < -0.3 is 19.7 Å². The Morgan fingerprint density at radius 3 is 2.21 bits per heavy atom. The summed E-state index contributed by atoms with van der Waals surface area (Å²) in [4.78, 5) is 64.3. The van der Waals surface area contributed by atoms with E-state index >= 15 is 0 Å². The quantitative estimate of drug-likeness (QED) is 0.0549. The third kappa shape index (κ3) is 17.4. The first kappa shape index (κ1) is 24.6. The molecule has 0 aromatic carbocycles. The van der Waals surface area contributed by atoms with E-state index < -0.39 is 6.09 Å². The lowest BCUT2D eigenvalue weighted by atomic mass is 10.4. The molecule has 154 valence electrons. The van der Waals surface area contributed by atoms with Gasteiger partial charge in [-0.15, -0.1) is 0 Å². The molecule has 0 aliphatic rings. The van der Waals surface area contributed by atoms with E-state index in [1.54, 1.807) is 6.92 Å². The number of amides is 1. The van der Waals surface area contributed by atoms with Gasteiger partial charge in [-0.3, -0.25) is 0 Å². The molecule has 0 rings (SSSR count). The average molecular weight is 400 g/mol. The molecule has 0 heterocycles. The zero-order chi connectivity index (χ0) is 20.9. The highest BCUT2D eigenvalue weighted by atomic mass is 17.2. The van der Waals surface area contributed by atoms with Crippen molar-refractivity contribution in [3.05, 3.63) is 12.2 Å². The smallest absolute Gasteiger partial charge is 0.408 e. The Morgan fingerprint density at radius 1 is 1.07 bits per heavy atom. The first-order chi connectivity index (χ1) is 13.6. The molecule has 0 aliphatic heterocycles. The van der Waals surface area contributed by atoms with E-state index in [1.165, 1.54) is 12.2 Å². The number of ether oxygens (including phenoxy) is 1. The third-order valence-electron chi connectivity index (χ3n) is 2.05. The van der Waals surface area contributed by atoms with Crippen molar-refractivity contribution in [1.82, 2.24) is 10.5 Å². The minimum atomic E-state index is -0.800. The third-order valence-corrected chi connectivity index (χ3v) is 2.05. The SMILES string of the molecule is C=C(C)COOCCOC(=O)NCN(O/C=N\CN=C=O)O/C=N/CN=C=O. The van der Waals surface area contributed by atoms with Crippen molar-refractivity contribution in [1.29, 1.82) is 0 Å². The molecule has 0 unspecified atom stereocenters. The number of hydrogen-bond donors (Lipinski definition) is 1. The molecule has 0 radical (unpaired) electrons. The molecule has 0 saturated carbocycles. The minimum absolute atomic E-state index is 0.0191. The monoisotopic (exact) mass is 400 g/mol. The second kappa shape index (κ2) is 18.4. The van der Waals surface area contributed by atoms with Gasteiger partial charge in [0.2, 0.25) is 25.0 Å². The number of carbonyl (C=O) groups is 1. The molecule has 0 atom stereocenters. The lowest BCUT2D eigenvalue weighted by Crippen LogP contribution is -2.38. The summed E-state index contributed by atoms with van der Waals surface area (Å²) in [7, 11) is 0. The number of rotatable bonds is 16. The Morgan fingerprint density at radius 2 is 1.68 bits per heavy atom. The number of nitrogens with one attached hydrogen (secondary N) is 1. The molecule has 0 fully saturated rings. The largest absolute Gasteiger partial charge is 0.447 e. The zero-order valence-electron chi connectivity index (χ0n) is 15.1. The van der Waals surface area contributed by atoms with Gasteiger partial charge in [-0.2, -0.15) is 9.98 Å². The van der Waals surface area contributed by atoms with Gasteiger partial charge in [-0.25, -0.2) is 34.1 Å². The number of hydroxylamine groups is 2. The van der Waals surface area contributed by atoms with Crippen LogP contribution in [0.25, 0.3) is 0 Å². The Bertz CT molecular complexity index is 581. The van der Waals surface area contributed by atoms with Gasteiger partial charge in [0.15, 0.2) is 0 Å². The van der Waals surface area contributed by atoms with Crippen molar-refractivity contribution in [3.8, 4) is 0 Å². The van der Waals surface area contributed by atoms with E-state index in [2.05, 4.69) is 31.9 Å². The normalized spacial score (nSPS) is 10.4. The molecule has 14 nitrogen and oxygen atoms in total. The Kier molecular flexibility index (Phi) is 16.1. The number of hydrogen-bond acceptors (Lipinski definition) is 13. The molecular formula is C14H20N6O8. The molecule has 0 saturated heterocycles. The molecule has 14 heteroatoms. The molecule has 0 bridgehead atoms. The first-order valence-electron chi connectivity index (χ1n) is 7.54. The van der Waals surface area contributed by atoms with Crippen molar-refractivity contribution >= 4 is 31.1 Å². The van der Waals surface area contributed by atoms with Gasteiger partial charge in [0.05, 0.1) is 0 Å². The number of carbonyl (C=O) groups excluding carboxylic acids is 3. The van der Waals surface area contributed by atoms with Crippen molar-refractivity contribution in [3.63, 3.8) is 0 Å². The summed E-state index contributed by atoms with van der Waals surface area (Å²) in [5.41, 5.74) is 0.779. The molecule has 1 amide bonds. The van der Waals surface area contributed by atoms with Crippen LogP contribution in [0, 0.1) is 0 Å². The molecule has 1 N–H and O–H groups in total. The minimum Gasteiger partial charge on any atom is -0.447 e. The molecule has 0 aromatic heterocycles. The Hall–Kier alpha value is -3.41. The Balaban J connectivity index is 4.20. The summed E-state index contributed by atoms with van der Waals surface area (Å²) in [6.07, 6.45) is 3.58. The number of alkyl carbamates (subject to hydrolysis) is 1. The zero-order valence-corrected chi connectivity index (χ0v) is 15.1. The van der Waals surface area contributed by atoms with Crippen molar-refractivity contribution in [2.45, 2.75) is 6.92 Å². The molecular weight excluding hydrogens is 380 g/mol. The summed E-state index contributed by atoms with van der Waals surface area (Å²) >= 11 is 0. The van der Waals surface area contributed by atoms with Crippen LogP contribution in [0.3, 0.4) is 0 Å². The molecule has 0 aromatic rings. The van der Waals surface area contributed by atoms with Crippen LogP contribution in [-0.2, 0) is 33.8 Å². The van der Waals surface area contributed by atoms with Crippen molar-refractivity contribution in [2.24, 2.45) is 20.0 Å². The summed E-state index contributed by atoms with van der Waals surface area (Å²) in [6, 6.07) is 0. The highest BCUT2D eigenvalue weighted by Crippen LogP contribution is 1.91. The van der Waals surface area contributed by atoms with E-state index in [9.17, 15) is 14.4 Å². The van der Waals surface area contributed by atoms with Crippen LogP contribution < -0.4 is 5.32 Å². The lowest BCUT2D eigenvalue weighted by Gasteiger charge is -2.17. The number of isocyanates is 2. The maximum absolute atomic E-state index is 11.6. The van der Waals surface area contributed by atoms with E-state index in [-0.39, 0.29) is 39.8 Å². The van der Waals surface area contributed by atoms with Gasteiger partial charge >= 0.3 is 6.09 Å². The summed E-state index contributed by atoms with van der Waals surface area (Å²) < 4.78 is 4.82. The van der Waals surface area contributed by atoms with E-state index in [4.69, 9.17) is 24.2 Å². The summed E-state index contributed by atoms with van der Waals surface area (Å²) in [5, 5.41) is 3.05. The van der Waals surface area contributed by atoms with Crippen LogP contribution in [0.2, 0.25) is 0 Å². The number of aliphatic imine (C=N–C) groups is 4. The van der Waals surface area contributed by atoms with Gasteiger partial charge in [-0.05, 0) is 6.92 Å². The maximum Gasteiger partial charge on any atom is 0.408 e. The predicted molar refractivity (Wildman–Crippen MR) is 93.0 cm³/mol. The Labute approximate surface area is 160 Å². The van der Waals surface area contributed by atoms with Crippen LogP contribution >= 0.6 is 0 Å². The predicted octanol–water partition coefficient (Wildman–Crippen LogP) is 0.00280.